The van der Waals surface area contributed by atoms with E-state index in [0.29, 0.717) is 25.1 Å². The Labute approximate surface area is 305 Å². The number of H-pyrrole nitrogens is 1. The van der Waals surface area contributed by atoms with Gasteiger partial charge in [-0.3, -0.25) is 14.9 Å². The maximum Gasteiger partial charge on any atom is 0.274 e. The van der Waals surface area contributed by atoms with Gasteiger partial charge in [-0.25, -0.2) is 18.1 Å². The second-order valence-corrected chi connectivity index (χ2v) is 15.6. The summed E-state index contributed by atoms with van der Waals surface area (Å²) in [5, 5.41) is 29.3. The minimum Gasteiger partial charge on any atom is -0.389 e. The lowest BCUT2D eigenvalue weighted by Crippen LogP contribution is -2.57. The number of rotatable bonds is 20. The summed E-state index contributed by atoms with van der Waals surface area (Å²) in [6, 6.07) is 16.8. The number of aliphatic hydroxyl groups is 2. The van der Waals surface area contributed by atoms with Gasteiger partial charge in [-0.2, -0.15) is 0 Å². The summed E-state index contributed by atoms with van der Waals surface area (Å²) < 4.78 is 35.8. The number of fused-ring (bicyclic) bond motifs is 1. The molecule has 1 saturated carbocycles. The van der Waals surface area contributed by atoms with Crippen LogP contribution in [0, 0.1) is 5.92 Å². The van der Waals surface area contributed by atoms with Crippen molar-refractivity contribution in [2.24, 2.45) is 5.92 Å². The molecule has 0 aliphatic heterocycles. The third-order valence-corrected chi connectivity index (χ3v) is 11.1. The van der Waals surface area contributed by atoms with Crippen molar-refractivity contribution in [1.82, 2.24) is 29.9 Å². The van der Waals surface area contributed by atoms with E-state index in [9.17, 15) is 28.2 Å². The number of para-hydroxylation sites is 1. The highest BCUT2D eigenvalue weighted by Crippen LogP contribution is 2.29. The van der Waals surface area contributed by atoms with Gasteiger partial charge in [0.25, 0.3) is 5.91 Å². The van der Waals surface area contributed by atoms with Gasteiger partial charge in [-0.05, 0) is 36.5 Å². The first-order valence-corrected chi connectivity index (χ1v) is 19.9. The number of aromatic nitrogens is 3. The van der Waals surface area contributed by atoms with Gasteiger partial charge in [0.15, 0.2) is 0 Å². The number of benzene rings is 2. The highest BCUT2D eigenvalue weighted by molar-refractivity contribution is 7.89. The van der Waals surface area contributed by atoms with E-state index in [2.05, 4.69) is 25.3 Å². The first-order chi connectivity index (χ1) is 25.1. The van der Waals surface area contributed by atoms with E-state index in [-0.39, 0.29) is 31.3 Å². The lowest BCUT2D eigenvalue weighted by atomic mass is 9.83. The van der Waals surface area contributed by atoms with Crippen molar-refractivity contribution in [3.8, 4) is 0 Å². The average molecular weight is 737 g/mol. The van der Waals surface area contributed by atoms with Gasteiger partial charge < -0.3 is 29.8 Å². The van der Waals surface area contributed by atoms with Crippen LogP contribution in [0.25, 0.3) is 10.9 Å². The molecule has 6 N–H and O–H groups in total. The van der Waals surface area contributed by atoms with E-state index in [1.165, 1.54) is 0 Å². The van der Waals surface area contributed by atoms with E-state index in [0.717, 1.165) is 55.0 Å². The normalized spacial score (nSPS) is 16.4. The van der Waals surface area contributed by atoms with Crippen molar-refractivity contribution >= 4 is 32.7 Å². The number of hydrogen-bond donors (Lipinski definition) is 6. The van der Waals surface area contributed by atoms with Gasteiger partial charge in [0.2, 0.25) is 15.9 Å². The highest BCUT2D eigenvalue weighted by Gasteiger charge is 2.35. The number of nitrogens with one attached hydrogen (secondary N) is 4. The number of carbonyl (C=O) groups is 2. The second-order valence-electron chi connectivity index (χ2n) is 13.8. The van der Waals surface area contributed by atoms with Crippen LogP contribution in [0.3, 0.4) is 0 Å². The molecule has 0 radical (unpaired) electrons. The molecule has 4 atom stereocenters. The lowest BCUT2D eigenvalue weighted by molar-refractivity contribution is -0.123. The fourth-order valence-electron chi connectivity index (χ4n) is 6.77. The van der Waals surface area contributed by atoms with Crippen molar-refractivity contribution in [3.63, 3.8) is 0 Å². The SMILES string of the molecule is CCCCNS(=O)(=O)C[C@H](O)[C@H](O)[C@H](CC1CCCCC1)N[C@@H](Cc1cncn1COCc1ccccc1)C(=O)NC(=O)c1cc2ccccc2[nH]1. The summed E-state index contributed by atoms with van der Waals surface area (Å²) in [6.07, 6.45) is 6.95. The molecule has 0 spiro atoms. The standard InChI is InChI=1S/C38H52N6O7S/c1-2-3-18-40-52(49,50)24-35(45)36(46)32(19-27-12-6-4-7-13-27)42-34(38(48)43-37(47)33-20-29-16-10-11-17-31(29)41-33)21-30-22-39-25-44(30)26-51-23-28-14-8-5-9-15-28/h5,8-11,14-17,20,22,25,27,32,34-36,40-42,45-46H,2-4,6-7,12-13,18-19,21,23-24,26H2,1H3,(H,43,47,48)/t32-,34-,35-,36+/m0/s1. The topological polar surface area (TPSA) is 188 Å². The Morgan fingerprint density at radius 3 is 2.56 bits per heavy atom. The van der Waals surface area contributed by atoms with Crippen LogP contribution in [-0.4, -0.2) is 81.6 Å². The van der Waals surface area contributed by atoms with Crippen LogP contribution >= 0.6 is 0 Å². The zero-order chi connectivity index (χ0) is 36.9. The van der Waals surface area contributed by atoms with E-state index in [4.69, 9.17) is 4.74 Å². The number of amides is 2. The summed E-state index contributed by atoms with van der Waals surface area (Å²) in [7, 11) is -3.88. The smallest absolute Gasteiger partial charge is 0.274 e. The van der Waals surface area contributed by atoms with Crippen LogP contribution in [0.4, 0.5) is 0 Å². The van der Waals surface area contributed by atoms with Gasteiger partial charge in [-0.1, -0.05) is 94.0 Å². The van der Waals surface area contributed by atoms with E-state index in [1.807, 2.05) is 61.5 Å². The second kappa shape index (κ2) is 19.2. The average Bonchev–Trinajstić information content (AvgIpc) is 3.78. The lowest BCUT2D eigenvalue weighted by Gasteiger charge is -2.34. The van der Waals surface area contributed by atoms with Gasteiger partial charge in [0.05, 0.1) is 36.9 Å². The van der Waals surface area contributed by atoms with Crippen molar-refractivity contribution in [2.75, 3.05) is 12.3 Å². The number of imide groups is 1. The molecular weight excluding hydrogens is 685 g/mol. The molecule has 1 aliphatic rings. The van der Waals surface area contributed by atoms with Crippen LogP contribution in [0.15, 0.2) is 73.2 Å². The molecule has 282 valence electrons. The fraction of sp³-hybridized carbons (Fsp3) is 0.500. The van der Waals surface area contributed by atoms with Crippen molar-refractivity contribution < 1.29 is 33.0 Å². The maximum absolute atomic E-state index is 14.1. The molecule has 0 bridgehead atoms. The molecule has 14 heteroatoms. The molecule has 0 saturated heterocycles. The predicted octanol–water partition coefficient (Wildman–Crippen LogP) is 3.78. The van der Waals surface area contributed by atoms with Crippen LogP contribution in [0.5, 0.6) is 0 Å². The van der Waals surface area contributed by atoms with Crippen LogP contribution in [0.1, 0.15) is 80.0 Å². The third-order valence-electron chi connectivity index (χ3n) is 9.66. The molecule has 0 unspecified atom stereocenters. The number of aromatic amines is 1. The maximum atomic E-state index is 14.1. The Morgan fingerprint density at radius 1 is 1.06 bits per heavy atom. The van der Waals surface area contributed by atoms with Gasteiger partial charge in [0.1, 0.15) is 12.4 Å². The quantitative estimate of drug-likeness (QED) is 0.0735. The Balaban J connectivity index is 1.37. The predicted molar refractivity (Wildman–Crippen MR) is 199 cm³/mol. The van der Waals surface area contributed by atoms with E-state index >= 15 is 0 Å². The van der Waals surface area contributed by atoms with Gasteiger partial charge in [-0.15, -0.1) is 0 Å². The molecule has 1 aliphatic carbocycles. The number of aliphatic hydroxyl groups excluding tert-OH is 2. The third kappa shape index (κ3) is 11.5. The number of hydrogen-bond acceptors (Lipinski definition) is 9. The summed E-state index contributed by atoms with van der Waals surface area (Å²) in [5.41, 5.74) is 2.59. The molecule has 2 aromatic carbocycles. The number of nitrogens with zero attached hydrogens (tertiary/aromatic N) is 2. The number of sulfonamides is 1. The Kier molecular flexibility index (Phi) is 14.5. The molecule has 1 fully saturated rings. The van der Waals surface area contributed by atoms with Crippen molar-refractivity contribution in [3.05, 3.63) is 90.1 Å². The molecule has 2 aromatic heterocycles. The number of unbranched alkanes of at least 4 members (excludes halogenated alkanes) is 1. The highest BCUT2D eigenvalue weighted by atomic mass is 32.2. The summed E-state index contributed by atoms with van der Waals surface area (Å²) in [4.78, 5) is 34.8. The van der Waals surface area contributed by atoms with Gasteiger partial charge in [0, 0.05) is 41.8 Å². The van der Waals surface area contributed by atoms with E-state index < -0.39 is 51.9 Å². The number of ether oxygens (including phenoxy) is 1. The summed E-state index contributed by atoms with van der Waals surface area (Å²) in [5.74, 6) is -1.77. The Morgan fingerprint density at radius 2 is 1.81 bits per heavy atom. The monoisotopic (exact) mass is 736 g/mol. The fourth-order valence-corrected chi connectivity index (χ4v) is 7.99. The first-order valence-electron chi connectivity index (χ1n) is 18.2. The van der Waals surface area contributed by atoms with Crippen LogP contribution in [0.2, 0.25) is 0 Å². The minimum atomic E-state index is -3.88. The molecule has 4 aromatic rings. The molecular formula is C38H52N6O7S. The summed E-state index contributed by atoms with van der Waals surface area (Å²) in [6.45, 7) is 2.70. The molecule has 2 amide bonds. The van der Waals surface area contributed by atoms with Crippen LogP contribution < -0.4 is 15.4 Å². The molecule has 52 heavy (non-hydrogen) atoms. The number of imidazole rings is 1. The van der Waals surface area contributed by atoms with Crippen LogP contribution in [-0.2, 0) is 39.3 Å². The molecule has 13 nitrogen and oxygen atoms in total. The largest absolute Gasteiger partial charge is 0.389 e. The van der Waals surface area contributed by atoms with Crippen molar-refractivity contribution in [1.29, 1.82) is 0 Å². The van der Waals surface area contributed by atoms with Crippen molar-refractivity contribution in [2.45, 2.75) is 102 Å². The van der Waals surface area contributed by atoms with E-state index in [1.54, 1.807) is 23.2 Å². The zero-order valence-corrected chi connectivity index (χ0v) is 30.6. The summed E-state index contributed by atoms with van der Waals surface area (Å²) >= 11 is 0. The zero-order valence-electron chi connectivity index (χ0n) is 29.7. The van der Waals surface area contributed by atoms with Gasteiger partial charge >= 0.3 is 0 Å². The first kappa shape index (κ1) is 39.3. The minimum absolute atomic E-state index is 0.0569. The Bertz CT molecular complexity index is 1790. The Hall–Kier alpha value is -3.92. The number of carbonyl (C=O) groups excluding carboxylic acids is 2. The molecule has 5 rings (SSSR count). The molecule has 2 heterocycles.